The lowest BCUT2D eigenvalue weighted by atomic mass is 10.0. The van der Waals surface area contributed by atoms with Crippen molar-refractivity contribution >= 4 is 53.3 Å². The summed E-state index contributed by atoms with van der Waals surface area (Å²) in [5, 5.41) is 51.5. The Bertz CT molecular complexity index is 1310. The van der Waals surface area contributed by atoms with Crippen LogP contribution < -0.4 is 49.1 Å². The number of carbonyl (C=O) groups excluding carboxylic acids is 7. The Morgan fingerprint density at radius 1 is 0.593 bits per heavy atom. The predicted octanol–water partition coefficient (Wildman–Crippen LogP) is -5.14. The number of primary amides is 1. The summed E-state index contributed by atoms with van der Waals surface area (Å²) in [6.07, 6.45) is -0.575. The van der Waals surface area contributed by atoms with E-state index in [4.69, 9.17) is 22.3 Å². The Morgan fingerprint density at radius 2 is 1.07 bits per heavy atom. The maximum Gasteiger partial charge on any atom is 0.328 e. The zero-order chi connectivity index (χ0) is 41.7. The molecule has 0 aliphatic heterocycles. The van der Waals surface area contributed by atoms with Crippen molar-refractivity contribution < 1.29 is 63.6 Å². The van der Waals surface area contributed by atoms with E-state index in [9.17, 15) is 58.5 Å². The van der Waals surface area contributed by atoms with Crippen LogP contribution in [0.2, 0.25) is 0 Å². The van der Waals surface area contributed by atoms with Crippen LogP contribution in [0.15, 0.2) is 0 Å². The lowest BCUT2D eigenvalue weighted by molar-refractivity contribution is -0.144. The lowest BCUT2D eigenvalue weighted by Gasteiger charge is -2.28. The van der Waals surface area contributed by atoms with E-state index in [2.05, 4.69) is 26.6 Å². The van der Waals surface area contributed by atoms with Gasteiger partial charge in [0.1, 0.15) is 36.3 Å². The molecular formula is C32H57N9O13. The van der Waals surface area contributed by atoms with E-state index in [0.717, 1.165) is 0 Å². The Kier molecular flexibility index (Phi) is 22.9. The van der Waals surface area contributed by atoms with Gasteiger partial charge in [-0.15, -0.1) is 0 Å². The number of aliphatic hydroxyl groups excluding tert-OH is 2. The van der Waals surface area contributed by atoms with E-state index in [1.54, 1.807) is 27.7 Å². The highest BCUT2D eigenvalue weighted by atomic mass is 16.4. The highest BCUT2D eigenvalue weighted by Crippen LogP contribution is 2.10. The van der Waals surface area contributed by atoms with Crippen molar-refractivity contribution in [3.63, 3.8) is 0 Å². The fraction of sp³-hybridized carbons (Fsp3) is 0.719. The molecule has 0 aliphatic carbocycles. The highest BCUT2D eigenvalue weighted by Gasteiger charge is 2.34. The Hall–Kier alpha value is -4.93. The number of hydrogen-bond donors (Lipinski definition) is 13. The van der Waals surface area contributed by atoms with Gasteiger partial charge in [-0.25, -0.2) is 4.79 Å². The van der Waals surface area contributed by atoms with Crippen molar-refractivity contribution in [3.05, 3.63) is 0 Å². The molecule has 0 fully saturated rings. The van der Waals surface area contributed by atoms with Crippen molar-refractivity contribution in [2.45, 2.75) is 115 Å². The minimum Gasteiger partial charge on any atom is -0.481 e. The quantitative estimate of drug-likeness (QED) is 0.0347. The van der Waals surface area contributed by atoms with Crippen LogP contribution in [-0.2, 0) is 43.2 Å². The smallest absolute Gasteiger partial charge is 0.328 e. The lowest BCUT2D eigenvalue weighted by Crippen LogP contribution is -2.61. The zero-order valence-corrected chi connectivity index (χ0v) is 31.0. The molecule has 0 bridgehead atoms. The second-order valence-electron chi connectivity index (χ2n) is 13.4. The third kappa shape index (κ3) is 18.7. The van der Waals surface area contributed by atoms with E-state index >= 15 is 0 Å². The Labute approximate surface area is 312 Å². The molecule has 22 nitrogen and oxygen atoms in total. The number of carboxylic acid groups (broad SMARTS) is 2. The van der Waals surface area contributed by atoms with E-state index < -0.39 is 121 Å². The number of nitrogens with one attached hydrogen (secondary N) is 6. The molecular weight excluding hydrogens is 718 g/mol. The molecule has 0 aliphatic rings. The van der Waals surface area contributed by atoms with E-state index in [1.807, 2.05) is 5.32 Å². The molecule has 16 N–H and O–H groups in total. The van der Waals surface area contributed by atoms with Gasteiger partial charge in [-0.2, -0.15) is 0 Å². The van der Waals surface area contributed by atoms with Crippen molar-refractivity contribution in [3.8, 4) is 0 Å². The first-order valence-electron chi connectivity index (χ1n) is 17.4. The minimum absolute atomic E-state index is 0.0213. The van der Waals surface area contributed by atoms with Crippen LogP contribution in [0.3, 0.4) is 0 Å². The first-order valence-corrected chi connectivity index (χ1v) is 17.4. The van der Waals surface area contributed by atoms with Crippen LogP contribution in [0.5, 0.6) is 0 Å². The van der Waals surface area contributed by atoms with Crippen LogP contribution >= 0.6 is 0 Å². The van der Waals surface area contributed by atoms with Gasteiger partial charge >= 0.3 is 11.9 Å². The van der Waals surface area contributed by atoms with Crippen LogP contribution in [0.4, 0.5) is 0 Å². The van der Waals surface area contributed by atoms with Gasteiger partial charge in [0.2, 0.25) is 41.4 Å². The van der Waals surface area contributed by atoms with Gasteiger partial charge in [0.15, 0.2) is 0 Å². The molecule has 0 aromatic carbocycles. The zero-order valence-electron chi connectivity index (χ0n) is 31.0. The number of amides is 7. The third-order valence-corrected chi connectivity index (χ3v) is 7.83. The number of rotatable bonds is 27. The van der Waals surface area contributed by atoms with Gasteiger partial charge < -0.3 is 69.5 Å². The topological polar surface area (TPSA) is 385 Å². The van der Waals surface area contributed by atoms with Crippen molar-refractivity contribution in [2.75, 3.05) is 19.8 Å². The average molecular weight is 776 g/mol. The van der Waals surface area contributed by atoms with E-state index in [0.29, 0.717) is 12.8 Å². The molecule has 308 valence electrons. The minimum atomic E-state index is -1.81. The van der Waals surface area contributed by atoms with Crippen molar-refractivity contribution in [1.29, 1.82) is 0 Å². The molecule has 0 spiro atoms. The fourth-order valence-electron chi connectivity index (χ4n) is 4.80. The second kappa shape index (κ2) is 25.2. The standard InChI is InChI=1S/C32H57N9O13/c1-15(2)11-19(28(49)38-20(12-24(45)46)29(50)40-22(14-43)32(53)54)37-27(48)18(7-5-6-10-33)36-30(51)21(13-42)39-31(52)25(16(3)4)41-26(47)17(34)8-9-23(35)44/h15-22,25,42-43H,5-14,33-34H2,1-4H3,(H2,35,44)(H,36,51)(H,37,48)(H,38,49)(H,39,52)(H,40,50)(H,41,47)(H,45,46)(H,53,54)/t17-,18-,19-,20-,21-,22-,25-/m0/s1. The summed E-state index contributed by atoms with van der Waals surface area (Å²) in [6.45, 7) is 4.85. The summed E-state index contributed by atoms with van der Waals surface area (Å²) < 4.78 is 0. The SMILES string of the molecule is CC(C)C[C@H](NC(=O)[C@H](CCCCN)NC(=O)[C@H](CO)NC(=O)[C@@H](NC(=O)[C@@H](N)CCC(N)=O)C(C)C)C(=O)N[C@@H](CC(=O)O)C(=O)N[C@@H](CO)C(=O)O. The molecule has 0 radical (unpaired) electrons. The molecule has 0 saturated carbocycles. The predicted molar refractivity (Wildman–Crippen MR) is 189 cm³/mol. The Morgan fingerprint density at radius 3 is 1.56 bits per heavy atom. The second-order valence-corrected chi connectivity index (χ2v) is 13.4. The molecule has 22 heteroatoms. The molecule has 7 atom stereocenters. The van der Waals surface area contributed by atoms with E-state index in [1.165, 1.54) is 0 Å². The van der Waals surface area contributed by atoms with Gasteiger partial charge in [-0.1, -0.05) is 27.7 Å². The number of hydrogen-bond acceptors (Lipinski definition) is 13. The summed E-state index contributed by atoms with van der Waals surface area (Å²) in [6, 6.07) is -10.4. The van der Waals surface area contributed by atoms with Crippen LogP contribution in [0, 0.1) is 11.8 Å². The summed E-state index contributed by atoms with van der Waals surface area (Å²) in [5.74, 6) is -10.4. The number of unbranched alkanes of at least 4 members (excludes halogenated alkanes) is 1. The van der Waals surface area contributed by atoms with Crippen LogP contribution in [0.25, 0.3) is 0 Å². The average Bonchev–Trinajstić information content (AvgIpc) is 3.08. The van der Waals surface area contributed by atoms with Crippen LogP contribution in [0.1, 0.15) is 72.6 Å². The third-order valence-electron chi connectivity index (χ3n) is 7.83. The largest absolute Gasteiger partial charge is 0.481 e. The fourth-order valence-corrected chi connectivity index (χ4v) is 4.80. The number of carbonyl (C=O) groups is 9. The summed E-state index contributed by atoms with van der Waals surface area (Å²) >= 11 is 0. The van der Waals surface area contributed by atoms with Gasteiger partial charge in [-0.05, 0) is 50.5 Å². The first-order chi connectivity index (χ1) is 25.2. The molecule has 0 rings (SSSR count). The maximum atomic E-state index is 13.6. The summed E-state index contributed by atoms with van der Waals surface area (Å²) in [5.41, 5.74) is 16.5. The molecule has 0 aromatic heterocycles. The van der Waals surface area contributed by atoms with Gasteiger partial charge in [0.25, 0.3) is 0 Å². The van der Waals surface area contributed by atoms with Crippen LogP contribution in [-0.4, -0.2) is 136 Å². The van der Waals surface area contributed by atoms with Gasteiger partial charge in [-0.3, -0.25) is 38.4 Å². The van der Waals surface area contributed by atoms with E-state index in [-0.39, 0.29) is 38.1 Å². The molecule has 0 saturated heterocycles. The molecule has 0 aromatic rings. The first kappa shape index (κ1) is 49.1. The number of nitrogens with two attached hydrogens (primary N) is 3. The summed E-state index contributed by atoms with van der Waals surface area (Å²) in [7, 11) is 0. The van der Waals surface area contributed by atoms with Gasteiger partial charge in [0.05, 0.1) is 25.7 Å². The monoisotopic (exact) mass is 775 g/mol. The number of carboxylic acids is 2. The Balaban J connectivity index is 6.10. The normalized spacial score (nSPS) is 15.0. The number of aliphatic carboxylic acids is 2. The van der Waals surface area contributed by atoms with Crippen molar-refractivity contribution in [1.82, 2.24) is 31.9 Å². The molecule has 0 heterocycles. The number of aliphatic hydroxyl groups is 2. The molecule has 54 heavy (non-hydrogen) atoms. The van der Waals surface area contributed by atoms with Gasteiger partial charge in [0, 0.05) is 6.42 Å². The molecule has 7 amide bonds. The maximum absolute atomic E-state index is 13.6. The summed E-state index contributed by atoms with van der Waals surface area (Å²) in [4.78, 5) is 113. The molecule has 0 unspecified atom stereocenters. The highest BCUT2D eigenvalue weighted by molar-refractivity contribution is 5.97. The van der Waals surface area contributed by atoms with Crippen molar-refractivity contribution in [2.24, 2.45) is 29.0 Å².